The van der Waals surface area contributed by atoms with E-state index in [1.54, 1.807) is 47.4 Å². The van der Waals surface area contributed by atoms with Crippen molar-refractivity contribution >= 4 is 34.2 Å². The first-order chi connectivity index (χ1) is 14.3. The van der Waals surface area contributed by atoms with E-state index in [1.807, 2.05) is 20.8 Å². The molecule has 2 amide bonds. The molecule has 0 saturated heterocycles. The lowest BCUT2D eigenvalue weighted by atomic mass is 9.93. The molecule has 3 aromatic rings. The Balaban J connectivity index is 1.67. The Kier molecular flexibility index (Phi) is 4.81. The molecule has 1 aliphatic rings. The highest BCUT2D eigenvalue weighted by Gasteiger charge is 2.37. The Morgan fingerprint density at radius 3 is 2.67 bits per heavy atom. The number of fused-ring (bicyclic) bond motifs is 2. The first-order valence-electron chi connectivity index (χ1n) is 9.73. The summed E-state index contributed by atoms with van der Waals surface area (Å²) in [6.07, 6.45) is 0. The van der Waals surface area contributed by atoms with E-state index in [-0.39, 0.29) is 18.1 Å². The van der Waals surface area contributed by atoms with Crippen molar-refractivity contribution in [3.63, 3.8) is 0 Å². The molecule has 1 aromatic heterocycles. The van der Waals surface area contributed by atoms with Crippen LogP contribution < -0.4 is 20.6 Å². The average molecular weight is 406 g/mol. The summed E-state index contributed by atoms with van der Waals surface area (Å²) < 4.78 is 11.1. The van der Waals surface area contributed by atoms with Crippen LogP contribution in [0, 0.1) is 5.41 Å². The summed E-state index contributed by atoms with van der Waals surface area (Å²) >= 11 is 0. The summed E-state index contributed by atoms with van der Waals surface area (Å²) in [4.78, 5) is 39.5. The van der Waals surface area contributed by atoms with Gasteiger partial charge in [-0.1, -0.05) is 18.2 Å². The van der Waals surface area contributed by atoms with E-state index < -0.39 is 16.9 Å². The van der Waals surface area contributed by atoms with Crippen molar-refractivity contribution in [1.82, 2.24) is 0 Å². The topological polar surface area (TPSA) is 88.8 Å². The monoisotopic (exact) mass is 406 g/mol. The van der Waals surface area contributed by atoms with Crippen molar-refractivity contribution in [1.29, 1.82) is 0 Å². The zero-order valence-corrected chi connectivity index (χ0v) is 17.0. The van der Waals surface area contributed by atoms with Gasteiger partial charge in [0.25, 0.3) is 5.91 Å². The lowest BCUT2D eigenvalue weighted by Gasteiger charge is -2.27. The van der Waals surface area contributed by atoms with E-state index >= 15 is 0 Å². The molecule has 7 nitrogen and oxygen atoms in total. The van der Waals surface area contributed by atoms with Crippen LogP contribution in [0.2, 0.25) is 0 Å². The van der Waals surface area contributed by atoms with E-state index in [1.165, 1.54) is 6.07 Å². The van der Waals surface area contributed by atoms with Gasteiger partial charge in [-0.2, -0.15) is 0 Å². The fraction of sp³-hybridized carbons (Fsp3) is 0.261. The van der Waals surface area contributed by atoms with Crippen molar-refractivity contribution in [3.05, 3.63) is 64.5 Å². The maximum atomic E-state index is 12.9. The van der Waals surface area contributed by atoms with Crippen LogP contribution in [0.25, 0.3) is 11.0 Å². The molecule has 0 unspecified atom stereocenters. The molecule has 4 rings (SSSR count). The van der Waals surface area contributed by atoms with Crippen LogP contribution >= 0.6 is 0 Å². The van der Waals surface area contributed by atoms with Gasteiger partial charge in [-0.15, -0.1) is 0 Å². The van der Waals surface area contributed by atoms with Gasteiger partial charge in [0.1, 0.15) is 23.5 Å². The van der Waals surface area contributed by atoms with Crippen molar-refractivity contribution in [2.45, 2.75) is 20.8 Å². The lowest BCUT2D eigenvalue weighted by Crippen LogP contribution is -2.42. The summed E-state index contributed by atoms with van der Waals surface area (Å²) in [7, 11) is 0. The van der Waals surface area contributed by atoms with Crippen LogP contribution in [0.5, 0.6) is 5.75 Å². The number of hydrogen-bond acceptors (Lipinski definition) is 5. The molecular weight excluding hydrogens is 384 g/mol. The molecule has 0 spiro atoms. The quantitative estimate of drug-likeness (QED) is 0.668. The third-order valence-corrected chi connectivity index (χ3v) is 5.12. The van der Waals surface area contributed by atoms with E-state index in [0.717, 1.165) is 0 Å². The number of nitrogens with one attached hydrogen (secondary N) is 1. The Morgan fingerprint density at radius 2 is 1.90 bits per heavy atom. The van der Waals surface area contributed by atoms with Gasteiger partial charge in [0.15, 0.2) is 0 Å². The number of carbonyl (C=O) groups excluding carboxylic acids is 2. The number of anilines is 2. The lowest BCUT2D eigenvalue weighted by molar-refractivity contribution is -0.127. The molecule has 0 radical (unpaired) electrons. The first kappa shape index (κ1) is 19.7. The zero-order valence-electron chi connectivity index (χ0n) is 17.0. The Bertz CT molecular complexity index is 1210. The van der Waals surface area contributed by atoms with E-state index in [9.17, 15) is 14.4 Å². The highest BCUT2D eigenvalue weighted by molar-refractivity contribution is 6.06. The third kappa shape index (κ3) is 3.43. The predicted octanol–water partition coefficient (Wildman–Crippen LogP) is 3.82. The number of carbonyl (C=O) groups is 2. The van der Waals surface area contributed by atoms with E-state index in [2.05, 4.69) is 5.32 Å². The second-order valence-electron chi connectivity index (χ2n) is 7.84. The fourth-order valence-corrected chi connectivity index (χ4v) is 3.46. The number of benzene rings is 2. The second-order valence-corrected chi connectivity index (χ2v) is 7.84. The molecule has 2 aromatic carbocycles. The number of amides is 2. The molecule has 0 atom stereocenters. The Labute approximate surface area is 173 Å². The van der Waals surface area contributed by atoms with Crippen molar-refractivity contribution in [2.75, 3.05) is 23.4 Å². The van der Waals surface area contributed by atoms with Crippen LogP contribution in [0.1, 0.15) is 31.1 Å². The summed E-state index contributed by atoms with van der Waals surface area (Å²) in [5.41, 5.74) is -0.0261. The Hall–Kier alpha value is -3.61. The summed E-state index contributed by atoms with van der Waals surface area (Å²) in [5, 5.41) is 3.38. The minimum atomic E-state index is -0.712. The minimum Gasteiger partial charge on any atom is -0.490 e. The van der Waals surface area contributed by atoms with E-state index in [0.29, 0.717) is 34.6 Å². The smallest absolute Gasteiger partial charge is 0.349 e. The summed E-state index contributed by atoms with van der Waals surface area (Å²) in [6.45, 7) is 6.29. The average Bonchev–Trinajstić information content (AvgIpc) is 2.81. The minimum absolute atomic E-state index is 0.0533. The number of nitrogens with zero attached hydrogens (tertiary/aromatic N) is 1. The molecule has 0 bridgehead atoms. The SMILES string of the molecule is CCN1C(=O)C(C)(C)COc2ccc(NC(=O)c3cc4ccccc4oc3=O)cc21. The summed E-state index contributed by atoms with van der Waals surface area (Å²) in [5.74, 6) is -0.0694. The third-order valence-electron chi connectivity index (χ3n) is 5.12. The predicted molar refractivity (Wildman–Crippen MR) is 114 cm³/mol. The largest absolute Gasteiger partial charge is 0.490 e. The van der Waals surface area contributed by atoms with Crippen LogP contribution in [0.3, 0.4) is 0 Å². The van der Waals surface area contributed by atoms with Crippen LogP contribution in [-0.4, -0.2) is 25.0 Å². The van der Waals surface area contributed by atoms with Gasteiger partial charge in [0.2, 0.25) is 5.91 Å². The Morgan fingerprint density at radius 1 is 1.13 bits per heavy atom. The van der Waals surface area contributed by atoms with Gasteiger partial charge >= 0.3 is 5.63 Å². The van der Waals surface area contributed by atoms with Crippen LogP contribution in [0.4, 0.5) is 11.4 Å². The van der Waals surface area contributed by atoms with Gasteiger partial charge in [-0.05, 0) is 51.1 Å². The van der Waals surface area contributed by atoms with Gasteiger partial charge in [0.05, 0.1) is 11.1 Å². The van der Waals surface area contributed by atoms with E-state index in [4.69, 9.17) is 9.15 Å². The van der Waals surface area contributed by atoms with Crippen LogP contribution in [0.15, 0.2) is 57.7 Å². The maximum Gasteiger partial charge on any atom is 0.349 e. The van der Waals surface area contributed by atoms with Crippen molar-refractivity contribution < 1.29 is 18.7 Å². The molecule has 7 heteroatoms. The molecule has 154 valence electrons. The highest BCUT2D eigenvalue weighted by Crippen LogP contribution is 2.38. The first-order valence-corrected chi connectivity index (χ1v) is 9.73. The van der Waals surface area contributed by atoms with Crippen molar-refractivity contribution in [3.8, 4) is 5.75 Å². The molecule has 1 N–H and O–H groups in total. The maximum absolute atomic E-state index is 12.9. The number of para-hydroxylation sites is 1. The molecule has 0 saturated carbocycles. The molecular formula is C23H22N2O5. The van der Waals surface area contributed by atoms with Gasteiger partial charge in [0, 0.05) is 17.6 Å². The van der Waals surface area contributed by atoms with Crippen molar-refractivity contribution in [2.24, 2.45) is 5.41 Å². The van der Waals surface area contributed by atoms with Gasteiger partial charge in [-0.3, -0.25) is 9.59 Å². The number of ether oxygens (including phenoxy) is 1. The normalized spacial score (nSPS) is 15.3. The second kappa shape index (κ2) is 7.33. The molecule has 1 aliphatic heterocycles. The molecule has 0 aliphatic carbocycles. The number of hydrogen-bond donors (Lipinski definition) is 1. The molecule has 0 fully saturated rings. The van der Waals surface area contributed by atoms with Gasteiger partial charge in [-0.25, -0.2) is 4.79 Å². The molecule has 2 heterocycles. The van der Waals surface area contributed by atoms with Crippen LogP contribution in [-0.2, 0) is 4.79 Å². The highest BCUT2D eigenvalue weighted by atomic mass is 16.5. The van der Waals surface area contributed by atoms with Gasteiger partial charge < -0.3 is 19.4 Å². The summed E-state index contributed by atoms with van der Waals surface area (Å²) in [6, 6.07) is 13.6. The standard InChI is InChI=1S/C23H22N2O5/c1-4-25-17-12-15(9-10-19(17)29-13-23(2,3)22(25)28)24-20(26)16-11-14-7-5-6-8-18(14)30-21(16)27/h5-12H,4,13H2,1-3H3,(H,24,26). The fourth-order valence-electron chi connectivity index (χ4n) is 3.46. The molecule has 30 heavy (non-hydrogen) atoms. The number of rotatable bonds is 3. The zero-order chi connectivity index (χ0) is 21.5.